The van der Waals surface area contributed by atoms with Crippen LogP contribution in [0.5, 0.6) is 5.75 Å². The number of ether oxygens (including phenoxy) is 1. The molecule has 7 nitrogen and oxygen atoms in total. The molecule has 128 valence electrons. The molecule has 0 unspecified atom stereocenters. The summed E-state index contributed by atoms with van der Waals surface area (Å²) < 4.78 is 5.14. The summed E-state index contributed by atoms with van der Waals surface area (Å²) >= 11 is 1.41. The van der Waals surface area contributed by atoms with Crippen molar-refractivity contribution in [2.75, 3.05) is 19.0 Å². The lowest BCUT2D eigenvalue weighted by Crippen LogP contribution is -2.36. The standard InChI is InChI=1S/C17H17N5O2S/c1-24-13-4-2-12(3-5-13)19-17-20-15(10-25-17)16(23)22-7-6-11-8-18-21-14(11)9-22/h2-5,8,10H,6-7,9H2,1H3,(H,18,21)(H,19,20). The summed E-state index contributed by atoms with van der Waals surface area (Å²) in [5.74, 6) is 0.739. The van der Waals surface area contributed by atoms with Gasteiger partial charge in [-0.2, -0.15) is 5.10 Å². The number of nitrogens with one attached hydrogen (secondary N) is 2. The molecular formula is C17H17N5O2S. The minimum absolute atomic E-state index is 0.0562. The average molecular weight is 355 g/mol. The molecule has 0 spiro atoms. The number of rotatable bonds is 4. The van der Waals surface area contributed by atoms with Crippen LogP contribution in [0.3, 0.4) is 0 Å². The third-order valence-electron chi connectivity index (χ3n) is 4.16. The highest BCUT2D eigenvalue weighted by Crippen LogP contribution is 2.24. The van der Waals surface area contributed by atoms with Crippen molar-refractivity contribution in [3.8, 4) is 5.75 Å². The van der Waals surface area contributed by atoms with Crippen molar-refractivity contribution in [1.29, 1.82) is 0 Å². The van der Waals surface area contributed by atoms with Crippen molar-refractivity contribution in [2.24, 2.45) is 0 Å². The molecule has 3 heterocycles. The van der Waals surface area contributed by atoms with Crippen LogP contribution >= 0.6 is 11.3 Å². The molecule has 0 saturated heterocycles. The van der Waals surface area contributed by atoms with Crippen molar-refractivity contribution in [3.05, 3.63) is 52.8 Å². The predicted octanol–water partition coefficient (Wildman–Crippen LogP) is 2.82. The zero-order valence-corrected chi connectivity index (χ0v) is 14.5. The van der Waals surface area contributed by atoms with Crippen molar-refractivity contribution in [2.45, 2.75) is 13.0 Å². The van der Waals surface area contributed by atoms with Gasteiger partial charge in [0.15, 0.2) is 5.13 Å². The quantitative estimate of drug-likeness (QED) is 0.752. The molecule has 25 heavy (non-hydrogen) atoms. The van der Waals surface area contributed by atoms with E-state index in [1.807, 2.05) is 30.5 Å². The second-order valence-corrected chi connectivity index (χ2v) is 6.60. The number of amides is 1. The highest BCUT2D eigenvalue weighted by atomic mass is 32.1. The van der Waals surface area contributed by atoms with E-state index < -0.39 is 0 Å². The Morgan fingerprint density at radius 1 is 1.36 bits per heavy atom. The van der Waals surface area contributed by atoms with Gasteiger partial charge in [0.2, 0.25) is 0 Å². The largest absolute Gasteiger partial charge is 0.497 e. The number of hydrogen-bond acceptors (Lipinski definition) is 6. The van der Waals surface area contributed by atoms with E-state index >= 15 is 0 Å². The van der Waals surface area contributed by atoms with Gasteiger partial charge in [-0.05, 0) is 36.2 Å². The van der Waals surface area contributed by atoms with Gasteiger partial charge in [0, 0.05) is 17.6 Å². The van der Waals surface area contributed by atoms with Crippen molar-refractivity contribution in [1.82, 2.24) is 20.1 Å². The summed E-state index contributed by atoms with van der Waals surface area (Å²) in [6, 6.07) is 7.56. The number of aromatic amines is 1. The van der Waals surface area contributed by atoms with Crippen LogP contribution in [0.15, 0.2) is 35.8 Å². The van der Waals surface area contributed by atoms with Crippen molar-refractivity contribution < 1.29 is 9.53 Å². The van der Waals surface area contributed by atoms with Crippen molar-refractivity contribution >= 4 is 28.1 Å². The third kappa shape index (κ3) is 3.20. The van der Waals surface area contributed by atoms with Gasteiger partial charge in [-0.3, -0.25) is 9.89 Å². The summed E-state index contributed by atoms with van der Waals surface area (Å²) in [6.45, 7) is 1.23. The number of thiazole rings is 1. The van der Waals surface area contributed by atoms with Crippen LogP contribution in [0.4, 0.5) is 10.8 Å². The number of H-pyrrole nitrogens is 1. The molecular weight excluding hydrogens is 338 g/mol. The summed E-state index contributed by atoms with van der Waals surface area (Å²) in [4.78, 5) is 18.9. The number of anilines is 2. The molecule has 1 aliphatic rings. The number of hydrogen-bond donors (Lipinski definition) is 2. The minimum Gasteiger partial charge on any atom is -0.497 e. The predicted molar refractivity (Wildman–Crippen MR) is 95.4 cm³/mol. The first-order valence-corrected chi connectivity index (χ1v) is 8.78. The number of benzene rings is 1. The second kappa shape index (κ2) is 6.56. The molecule has 3 aromatic rings. The fourth-order valence-corrected chi connectivity index (χ4v) is 3.48. The van der Waals surface area contributed by atoms with Crippen LogP contribution in [0.1, 0.15) is 21.7 Å². The first kappa shape index (κ1) is 15.6. The van der Waals surface area contributed by atoms with Crippen LogP contribution < -0.4 is 10.1 Å². The second-order valence-electron chi connectivity index (χ2n) is 5.74. The SMILES string of the molecule is COc1ccc(Nc2nc(C(=O)N3CCc4cn[nH]c4C3)cs2)cc1. The lowest BCUT2D eigenvalue weighted by atomic mass is 10.1. The molecule has 2 N–H and O–H groups in total. The van der Waals surface area contributed by atoms with Crippen LogP contribution in [0, 0.1) is 0 Å². The van der Waals surface area contributed by atoms with Crippen LogP contribution in [0.2, 0.25) is 0 Å². The van der Waals surface area contributed by atoms with E-state index in [1.165, 1.54) is 16.9 Å². The molecule has 1 aromatic carbocycles. The van der Waals surface area contributed by atoms with Gasteiger partial charge < -0.3 is 15.0 Å². The summed E-state index contributed by atoms with van der Waals surface area (Å²) in [5, 5.41) is 12.7. The first-order valence-electron chi connectivity index (χ1n) is 7.90. The molecule has 0 aliphatic carbocycles. The molecule has 0 bridgehead atoms. The smallest absolute Gasteiger partial charge is 0.273 e. The number of carbonyl (C=O) groups excluding carboxylic acids is 1. The lowest BCUT2D eigenvalue weighted by molar-refractivity contribution is 0.0727. The van der Waals surface area contributed by atoms with Gasteiger partial charge in [-0.25, -0.2) is 4.98 Å². The Balaban J connectivity index is 1.44. The molecule has 0 saturated carbocycles. The number of nitrogens with zero attached hydrogens (tertiary/aromatic N) is 3. The normalized spacial score (nSPS) is 13.4. The van der Waals surface area contributed by atoms with Crippen LogP contribution in [-0.2, 0) is 13.0 Å². The number of methoxy groups -OCH3 is 1. The zero-order valence-electron chi connectivity index (χ0n) is 13.7. The Labute approximate surface area is 148 Å². The molecule has 0 atom stereocenters. The number of aromatic nitrogens is 3. The third-order valence-corrected chi connectivity index (χ3v) is 4.92. The Bertz CT molecular complexity index is 887. The Morgan fingerprint density at radius 3 is 3.00 bits per heavy atom. The Morgan fingerprint density at radius 2 is 2.20 bits per heavy atom. The van der Waals surface area contributed by atoms with E-state index in [0.29, 0.717) is 23.9 Å². The highest BCUT2D eigenvalue weighted by molar-refractivity contribution is 7.14. The topological polar surface area (TPSA) is 83.1 Å². The number of fused-ring (bicyclic) bond motifs is 1. The fraction of sp³-hybridized carbons (Fsp3) is 0.235. The molecule has 8 heteroatoms. The zero-order chi connectivity index (χ0) is 17.2. The van der Waals surface area contributed by atoms with Crippen LogP contribution in [0.25, 0.3) is 0 Å². The molecule has 1 amide bonds. The Kier molecular flexibility index (Phi) is 4.10. The van der Waals surface area contributed by atoms with Gasteiger partial charge in [-0.1, -0.05) is 0 Å². The van der Waals surface area contributed by atoms with E-state index in [0.717, 1.165) is 23.6 Å². The fourth-order valence-electron chi connectivity index (χ4n) is 2.78. The first-order chi connectivity index (χ1) is 12.2. The monoisotopic (exact) mass is 355 g/mol. The minimum atomic E-state index is -0.0562. The summed E-state index contributed by atoms with van der Waals surface area (Å²) in [5.41, 5.74) is 3.55. The van der Waals surface area contributed by atoms with Gasteiger partial charge in [-0.15, -0.1) is 11.3 Å². The Hall–Kier alpha value is -2.87. The van der Waals surface area contributed by atoms with Gasteiger partial charge in [0.05, 0.1) is 25.5 Å². The van der Waals surface area contributed by atoms with Gasteiger partial charge >= 0.3 is 0 Å². The maximum absolute atomic E-state index is 12.7. The molecule has 0 fully saturated rings. The number of carbonyl (C=O) groups is 1. The van der Waals surface area contributed by atoms with E-state index in [4.69, 9.17) is 4.74 Å². The highest BCUT2D eigenvalue weighted by Gasteiger charge is 2.24. The molecule has 0 radical (unpaired) electrons. The summed E-state index contributed by atoms with van der Waals surface area (Å²) in [7, 11) is 1.63. The van der Waals surface area contributed by atoms with Crippen molar-refractivity contribution in [3.63, 3.8) is 0 Å². The summed E-state index contributed by atoms with van der Waals surface area (Å²) in [6.07, 6.45) is 2.65. The van der Waals surface area contributed by atoms with E-state index in [2.05, 4.69) is 20.5 Å². The maximum Gasteiger partial charge on any atom is 0.273 e. The lowest BCUT2D eigenvalue weighted by Gasteiger charge is -2.25. The molecule has 1 aliphatic heterocycles. The maximum atomic E-state index is 12.7. The van der Waals surface area contributed by atoms with E-state index in [-0.39, 0.29) is 5.91 Å². The van der Waals surface area contributed by atoms with E-state index in [9.17, 15) is 4.79 Å². The molecule has 2 aromatic heterocycles. The van der Waals surface area contributed by atoms with Gasteiger partial charge in [0.25, 0.3) is 5.91 Å². The van der Waals surface area contributed by atoms with E-state index in [1.54, 1.807) is 17.4 Å². The average Bonchev–Trinajstić information content (AvgIpc) is 3.30. The molecule has 4 rings (SSSR count). The van der Waals surface area contributed by atoms with Crippen LogP contribution in [-0.4, -0.2) is 39.6 Å². The van der Waals surface area contributed by atoms with Gasteiger partial charge in [0.1, 0.15) is 11.4 Å².